The Labute approximate surface area is 194 Å². The molecule has 2 aromatic rings. The Bertz CT molecular complexity index is 1140. The zero-order chi connectivity index (χ0) is 29.0. The Kier molecular flexibility index (Phi) is 7.03. The minimum absolute atomic E-state index is 0.0631. The number of amides is 1. The van der Waals surface area contributed by atoms with Gasteiger partial charge < -0.3 is 5.32 Å². The summed E-state index contributed by atoms with van der Waals surface area (Å²) < 4.78 is 199. The molecule has 0 aliphatic rings. The number of nitrogens with one attached hydrogen (secondary N) is 1. The molecular formula is C17H9F15N4O. The molecule has 0 spiro atoms. The molecule has 0 saturated heterocycles. The fourth-order valence-corrected chi connectivity index (χ4v) is 2.58. The van der Waals surface area contributed by atoms with E-state index in [1.807, 2.05) is 0 Å². The normalized spacial score (nSPS) is 14.6. The molecule has 1 N–H and O–H groups in total. The standard InChI is InChI=1S/C17H9F15N4O/c1-36-34-8(7-5-3-2-4-6-7)9(35-36)33-10(37)11(18,19)12(20,21)13(22,23)14(24,25)15(26,27)16(28,29)17(30,31)32/h2-6H,1H3,(H,33,35,37). The van der Waals surface area contributed by atoms with Crippen LogP contribution in [0, 0.1) is 0 Å². The highest BCUT2D eigenvalue weighted by Gasteiger charge is 2.94. The maximum atomic E-state index is 14.1. The van der Waals surface area contributed by atoms with Gasteiger partial charge >= 0.3 is 47.6 Å². The van der Waals surface area contributed by atoms with Crippen molar-refractivity contribution < 1.29 is 70.7 Å². The second kappa shape index (κ2) is 8.67. The van der Waals surface area contributed by atoms with Gasteiger partial charge in [-0.1, -0.05) is 30.3 Å². The molecule has 1 amide bonds. The molecule has 2 rings (SSSR count). The molecule has 0 unspecified atom stereocenters. The number of aromatic nitrogens is 3. The van der Waals surface area contributed by atoms with E-state index in [4.69, 9.17) is 0 Å². The van der Waals surface area contributed by atoms with Crippen LogP contribution in [0.1, 0.15) is 0 Å². The van der Waals surface area contributed by atoms with Gasteiger partial charge in [-0.15, -0.1) is 5.10 Å². The van der Waals surface area contributed by atoms with Crippen molar-refractivity contribution in [3.05, 3.63) is 30.3 Å². The van der Waals surface area contributed by atoms with Crippen LogP contribution in [-0.4, -0.2) is 62.6 Å². The van der Waals surface area contributed by atoms with Gasteiger partial charge in [0.25, 0.3) is 0 Å². The molecule has 0 atom stereocenters. The number of alkyl halides is 15. The first-order valence-corrected chi connectivity index (χ1v) is 8.99. The maximum Gasteiger partial charge on any atom is 0.460 e. The lowest BCUT2D eigenvalue weighted by atomic mass is 9.91. The fourth-order valence-electron chi connectivity index (χ4n) is 2.58. The van der Waals surface area contributed by atoms with Crippen LogP contribution in [0.25, 0.3) is 11.3 Å². The van der Waals surface area contributed by atoms with Crippen molar-refractivity contribution in [3.63, 3.8) is 0 Å². The van der Waals surface area contributed by atoms with Crippen LogP contribution in [-0.2, 0) is 11.8 Å². The van der Waals surface area contributed by atoms with E-state index in [1.165, 1.54) is 30.3 Å². The van der Waals surface area contributed by atoms with Crippen LogP contribution in [0.3, 0.4) is 0 Å². The Balaban J connectivity index is 2.52. The number of carbonyl (C=O) groups is 1. The highest BCUT2D eigenvalue weighted by atomic mass is 19.4. The molecule has 0 aliphatic carbocycles. The van der Waals surface area contributed by atoms with Crippen LogP contribution in [0.15, 0.2) is 30.3 Å². The van der Waals surface area contributed by atoms with E-state index in [9.17, 15) is 70.7 Å². The average molecular weight is 570 g/mol. The van der Waals surface area contributed by atoms with E-state index in [0.29, 0.717) is 4.80 Å². The van der Waals surface area contributed by atoms with Crippen molar-refractivity contribution in [1.29, 1.82) is 0 Å². The van der Waals surface area contributed by atoms with Crippen LogP contribution in [0.4, 0.5) is 71.7 Å². The molecular weight excluding hydrogens is 561 g/mol. The topological polar surface area (TPSA) is 59.8 Å². The predicted octanol–water partition coefficient (Wildman–Crippen LogP) is 5.79. The highest BCUT2D eigenvalue weighted by Crippen LogP contribution is 2.62. The number of rotatable bonds is 8. The summed E-state index contributed by atoms with van der Waals surface area (Å²) in [5.41, 5.74) is -0.643. The van der Waals surface area contributed by atoms with Gasteiger partial charge in [-0.2, -0.15) is 75.8 Å². The first-order chi connectivity index (χ1) is 16.4. The number of carbonyl (C=O) groups excluding carboxylic acids is 1. The summed E-state index contributed by atoms with van der Waals surface area (Å²) in [6.07, 6.45) is -7.72. The van der Waals surface area contributed by atoms with Crippen LogP contribution >= 0.6 is 0 Å². The van der Waals surface area contributed by atoms with Crippen LogP contribution in [0.5, 0.6) is 0 Å². The van der Waals surface area contributed by atoms with E-state index in [1.54, 1.807) is 0 Å². The number of nitrogens with zero attached hydrogens (tertiary/aromatic N) is 3. The highest BCUT2D eigenvalue weighted by molar-refractivity contribution is 5.98. The van der Waals surface area contributed by atoms with Crippen molar-refractivity contribution >= 4 is 11.7 Å². The molecule has 0 saturated carbocycles. The number of aryl methyl sites for hydroxylation is 1. The van der Waals surface area contributed by atoms with E-state index < -0.39 is 59.1 Å². The lowest BCUT2D eigenvalue weighted by molar-refractivity contribution is -0.449. The second-order valence-electron chi connectivity index (χ2n) is 7.15. The number of anilines is 1. The third kappa shape index (κ3) is 4.32. The second-order valence-corrected chi connectivity index (χ2v) is 7.15. The molecule has 1 aromatic carbocycles. The third-order valence-electron chi connectivity index (χ3n) is 4.61. The van der Waals surface area contributed by atoms with Crippen molar-refractivity contribution in [2.24, 2.45) is 7.05 Å². The Morgan fingerprint density at radius 1 is 0.676 bits per heavy atom. The zero-order valence-corrected chi connectivity index (χ0v) is 17.3. The van der Waals surface area contributed by atoms with Crippen molar-refractivity contribution in [1.82, 2.24) is 15.0 Å². The van der Waals surface area contributed by atoms with Crippen LogP contribution in [0.2, 0.25) is 0 Å². The summed E-state index contributed by atoms with van der Waals surface area (Å²) in [4.78, 5) is 12.3. The van der Waals surface area contributed by atoms with E-state index >= 15 is 0 Å². The molecule has 0 bridgehead atoms. The summed E-state index contributed by atoms with van der Waals surface area (Å²) in [6, 6.07) is 6.39. The first-order valence-electron chi connectivity index (χ1n) is 8.99. The predicted molar refractivity (Wildman–Crippen MR) is 90.8 cm³/mol. The average Bonchev–Trinajstić information content (AvgIpc) is 3.12. The van der Waals surface area contributed by atoms with Crippen molar-refractivity contribution in [2.45, 2.75) is 41.7 Å². The number of benzene rings is 1. The summed E-state index contributed by atoms with van der Waals surface area (Å²) in [5.74, 6) is -53.2. The van der Waals surface area contributed by atoms with Gasteiger partial charge in [-0.25, -0.2) is 0 Å². The SMILES string of the molecule is Cn1nc(NC(=O)C(F)(F)C(F)(F)C(F)(F)C(F)(F)C(F)(F)C(F)(F)C(F)(F)F)c(-c2ccccc2)n1. The van der Waals surface area contributed by atoms with Crippen molar-refractivity contribution in [2.75, 3.05) is 5.32 Å². The fraction of sp³-hybridized carbons (Fsp3) is 0.471. The Morgan fingerprint density at radius 3 is 1.57 bits per heavy atom. The van der Waals surface area contributed by atoms with Gasteiger partial charge in [0.05, 0.1) is 0 Å². The number of halogens is 15. The van der Waals surface area contributed by atoms with Gasteiger partial charge in [-0.3, -0.25) is 4.79 Å². The van der Waals surface area contributed by atoms with Crippen LogP contribution < -0.4 is 5.32 Å². The van der Waals surface area contributed by atoms with E-state index in [-0.39, 0.29) is 5.56 Å². The maximum absolute atomic E-state index is 14.1. The molecule has 37 heavy (non-hydrogen) atoms. The monoisotopic (exact) mass is 570 g/mol. The third-order valence-corrected chi connectivity index (χ3v) is 4.61. The molecule has 20 heteroatoms. The summed E-state index contributed by atoms with van der Waals surface area (Å²) in [6.45, 7) is 0. The molecule has 5 nitrogen and oxygen atoms in total. The lowest BCUT2D eigenvalue weighted by Gasteiger charge is -2.41. The van der Waals surface area contributed by atoms with Gasteiger partial charge in [-0.05, 0) is 0 Å². The van der Waals surface area contributed by atoms with Gasteiger partial charge in [0.15, 0.2) is 5.82 Å². The smallest absolute Gasteiger partial charge is 0.302 e. The van der Waals surface area contributed by atoms with Gasteiger partial charge in [0, 0.05) is 12.6 Å². The number of hydrogen-bond donors (Lipinski definition) is 1. The minimum Gasteiger partial charge on any atom is -0.302 e. The molecule has 1 heterocycles. The molecule has 0 radical (unpaired) electrons. The number of hydrogen-bond acceptors (Lipinski definition) is 3. The Hall–Kier alpha value is -3.22. The lowest BCUT2D eigenvalue weighted by Crippen LogP contribution is -2.73. The van der Waals surface area contributed by atoms with E-state index in [0.717, 1.165) is 12.4 Å². The zero-order valence-electron chi connectivity index (χ0n) is 17.3. The summed E-state index contributed by atoms with van der Waals surface area (Å²) in [7, 11) is 0.979. The minimum atomic E-state index is -8.49. The molecule has 1 aromatic heterocycles. The Morgan fingerprint density at radius 2 is 1.11 bits per heavy atom. The molecule has 208 valence electrons. The molecule has 0 fully saturated rings. The summed E-state index contributed by atoms with van der Waals surface area (Å²) >= 11 is 0. The summed E-state index contributed by atoms with van der Waals surface area (Å²) in [5, 5.41) is 7.63. The first kappa shape index (κ1) is 30.0. The van der Waals surface area contributed by atoms with Gasteiger partial charge in [0.2, 0.25) is 0 Å². The van der Waals surface area contributed by atoms with E-state index in [2.05, 4.69) is 10.2 Å². The molecule has 0 aliphatic heterocycles. The largest absolute Gasteiger partial charge is 0.460 e. The quantitative estimate of drug-likeness (QED) is 0.409. The van der Waals surface area contributed by atoms with Gasteiger partial charge in [0.1, 0.15) is 5.69 Å². The van der Waals surface area contributed by atoms with Crippen molar-refractivity contribution in [3.8, 4) is 11.3 Å².